The molecule has 1 atom stereocenters. The van der Waals surface area contributed by atoms with E-state index in [1.54, 1.807) is 18.2 Å². The lowest BCUT2D eigenvalue weighted by Crippen LogP contribution is -2.49. The topological polar surface area (TPSA) is 138 Å². The fourth-order valence-electron chi connectivity index (χ4n) is 7.12. The maximum Gasteiger partial charge on any atom is 0.329 e. The summed E-state index contributed by atoms with van der Waals surface area (Å²) in [5, 5.41) is 11.8. The van der Waals surface area contributed by atoms with Crippen molar-refractivity contribution in [2.75, 3.05) is 50.1 Å². The number of aryl methyl sites for hydroxylation is 1. The molecule has 2 aromatic heterocycles. The van der Waals surface area contributed by atoms with Crippen molar-refractivity contribution in [2.24, 2.45) is 7.05 Å². The van der Waals surface area contributed by atoms with E-state index in [9.17, 15) is 13.8 Å². The first-order chi connectivity index (χ1) is 24.2. The van der Waals surface area contributed by atoms with Gasteiger partial charge in [-0.2, -0.15) is 5.10 Å². The minimum absolute atomic E-state index is 0.188. The minimum atomic E-state index is -1.23. The molecular formula is C35H42ClN9O4S. The number of hydrogen-bond donors (Lipinski definition) is 2. The Labute approximate surface area is 298 Å². The van der Waals surface area contributed by atoms with E-state index in [1.165, 1.54) is 11.1 Å². The number of carbonyl (C=O) groups is 2. The number of nitrogens with zero attached hydrogens (tertiary/aromatic N) is 7. The van der Waals surface area contributed by atoms with Gasteiger partial charge in [0, 0.05) is 58.2 Å². The smallest absolute Gasteiger partial charge is 0.329 e. The molecule has 3 amide bonds. The number of piperidine rings is 2. The average Bonchev–Trinajstić information content (AvgIpc) is 3.45. The number of aromatic nitrogens is 4. The Kier molecular flexibility index (Phi) is 10.4. The van der Waals surface area contributed by atoms with Crippen LogP contribution >= 0.6 is 11.6 Å². The quantitative estimate of drug-likeness (QED) is 0.241. The molecule has 0 bridgehead atoms. The maximum atomic E-state index is 13.6. The summed E-state index contributed by atoms with van der Waals surface area (Å²) in [5.74, 6) is 1.29. The minimum Gasteiger partial charge on any atom is -0.378 e. The van der Waals surface area contributed by atoms with E-state index in [4.69, 9.17) is 16.3 Å². The van der Waals surface area contributed by atoms with Gasteiger partial charge in [0.25, 0.3) is 0 Å². The largest absolute Gasteiger partial charge is 0.378 e. The van der Waals surface area contributed by atoms with Crippen molar-refractivity contribution in [3.63, 3.8) is 0 Å². The lowest BCUT2D eigenvalue weighted by atomic mass is 9.89. The number of anilines is 2. The van der Waals surface area contributed by atoms with Crippen LogP contribution in [0.3, 0.4) is 0 Å². The molecule has 1 unspecified atom stereocenters. The number of imide groups is 1. The van der Waals surface area contributed by atoms with Gasteiger partial charge in [-0.05, 0) is 80.1 Å². The van der Waals surface area contributed by atoms with E-state index >= 15 is 0 Å². The van der Waals surface area contributed by atoms with Crippen LogP contribution < -0.4 is 15.5 Å². The van der Waals surface area contributed by atoms with Gasteiger partial charge >= 0.3 is 6.03 Å². The van der Waals surface area contributed by atoms with Gasteiger partial charge < -0.3 is 10.1 Å². The van der Waals surface area contributed by atoms with Gasteiger partial charge in [-0.15, -0.1) is 0 Å². The lowest BCUT2D eigenvalue weighted by molar-refractivity contribution is -0.120. The molecule has 15 heteroatoms. The summed E-state index contributed by atoms with van der Waals surface area (Å²) in [4.78, 5) is 37.8. The number of carbonyl (C=O) groups excluding carboxylic acids is 2. The van der Waals surface area contributed by atoms with Crippen molar-refractivity contribution in [1.82, 2.24) is 34.3 Å². The van der Waals surface area contributed by atoms with Gasteiger partial charge in [-0.25, -0.2) is 23.3 Å². The van der Waals surface area contributed by atoms with Crippen LogP contribution in [0.25, 0.3) is 10.9 Å². The highest BCUT2D eigenvalue weighted by atomic mass is 35.5. The number of nitrogens with one attached hydrogen (secondary N) is 2. The molecule has 0 saturated carbocycles. The van der Waals surface area contributed by atoms with Crippen molar-refractivity contribution in [1.29, 1.82) is 0 Å². The fourth-order valence-corrected chi connectivity index (χ4v) is 8.55. The van der Waals surface area contributed by atoms with Gasteiger partial charge in [-0.1, -0.05) is 29.8 Å². The van der Waals surface area contributed by atoms with Crippen LogP contribution in [0.15, 0.2) is 53.6 Å². The average molecular weight is 720 g/mol. The second kappa shape index (κ2) is 15.1. The second-order valence-corrected chi connectivity index (χ2v) is 15.1. The van der Waals surface area contributed by atoms with Crippen molar-refractivity contribution in [2.45, 2.75) is 62.1 Å². The van der Waals surface area contributed by atoms with E-state index in [0.29, 0.717) is 54.6 Å². The van der Waals surface area contributed by atoms with Crippen LogP contribution in [0.2, 0.25) is 5.02 Å². The molecule has 2 N–H and O–H groups in total. The number of halogens is 1. The van der Waals surface area contributed by atoms with E-state index in [0.717, 1.165) is 61.1 Å². The summed E-state index contributed by atoms with van der Waals surface area (Å²) in [6.45, 7) is 4.83. The Bertz CT molecular complexity index is 1910. The van der Waals surface area contributed by atoms with Gasteiger partial charge in [0.1, 0.15) is 11.0 Å². The molecule has 0 aliphatic carbocycles. The Morgan fingerprint density at radius 1 is 1.04 bits per heavy atom. The third kappa shape index (κ3) is 7.54. The highest BCUT2D eigenvalue weighted by molar-refractivity contribution is 7.82. The number of ether oxygens (including phenoxy) is 1. The van der Waals surface area contributed by atoms with E-state index < -0.39 is 17.0 Å². The zero-order valence-electron chi connectivity index (χ0n) is 28.3. The number of rotatable bonds is 10. The first kappa shape index (κ1) is 34.5. The number of methoxy groups -OCH3 is 1. The first-order valence-corrected chi connectivity index (χ1v) is 18.6. The molecule has 3 aliphatic rings. The van der Waals surface area contributed by atoms with Crippen molar-refractivity contribution in [3.8, 4) is 0 Å². The predicted octanol–water partition coefficient (Wildman–Crippen LogP) is 4.59. The molecule has 4 aromatic rings. The summed E-state index contributed by atoms with van der Waals surface area (Å²) >= 11 is 6.18. The summed E-state index contributed by atoms with van der Waals surface area (Å²) in [6.07, 6.45) is 5.60. The monoisotopic (exact) mass is 719 g/mol. The summed E-state index contributed by atoms with van der Waals surface area (Å²) in [6, 6.07) is 14.4. The number of benzene rings is 2. The summed E-state index contributed by atoms with van der Waals surface area (Å²) < 4.78 is 22.7. The van der Waals surface area contributed by atoms with E-state index in [2.05, 4.69) is 60.9 Å². The molecule has 7 rings (SSSR count). The Balaban J connectivity index is 0.915. The van der Waals surface area contributed by atoms with Crippen molar-refractivity contribution in [3.05, 3.63) is 70.5 Å². The summed E-state index contributed by atoms with van der Waals surface area (Å²) in [7, 11) is 2.27. The molecule has 5 heterocycles. The highest BCUT2D eigenvalue weighted by Crippen LogP contribution is 2.34. The van der Waals surface area contributed by atoms with Crippen molar-refractivity contribution < 1.29 is 18.5 Å². The summed E-state index contributed by atoms with van der Waals surface area (Å²) in [5.41, 5.74) is 4.07. The van der Waals surface area contributed by atoms with Gasteiger partial charge in [0.05, 0.1) is 33.9 Å². The molecule has 0 radical (unpaired) electrons. The Hall–Kier alpha value is -3.95. The fraction of sp³-hybridized carbons (Fsp3) is 0.457. The molecule has 0 spiro atoms. The zero-order valence-corrected chi connectivity index (χ0v) is 29.9. The number of amides is 3. The molecule has 3 saturated heterocycles. The van der Waals surface area contributed by atoms with Crippen LogP contribution in [0, 0.1) is 0 Å². The third-order valence-electron chi connectivity index (χ3n) is 9.85. The van der Waals surface area contributed by atoms with E-state index in [1.807, 2.05) is 28.2 Å². The van der Waals surface area contributed by atoms with Gasteiger partial charge in [-0.3, -0.25) is 24.6 Å². The molecule has 13 nitrogen and oxygen atoms in total. The lowest BCUT2D eigenvalue weighted by Gasteiger charge is -2.33. The van der Waals surface area contributed by atoms with Crippen LogP contribution in [0.5, 0.6) is 0 Å². The standard InChI is InChI=1S/C35H42ClN9O4S/c1-42-31-19-25(6-7-28(31)33(41-42)45-17-12-32(46)40-35(45)47)24-8-13-43(14-9-24)21-23-4-3-5-27(18-23)50(48)44-15-10-26(11-16-44)38-34-37-20-29(36)30(39-34)22-49-2/h3-7,18-20,24,26H,8-17,21-22H2,1-2H3,(H,37,38,39)(H,40,46,47). The van der Waals surface area contributed by atoms with Crippen LogP contribution in [0.1, 0.15) is 54.8 Å². The van der Waals surface area contributed by atoms with Crippen molar-refractivity contribution >= 4 is 57.2 Å². The van der Waals surface area contributed by atoms with Crippen LogP contribution in [-0.2, 0) is 40.7 Å². The highest BCUT2D eigenvalue weighted by Gasteiger charge is 2.29. The molecule has 50 heavy (non-hydrogen) atoms. The van der Waals surface area contributed by atoms with E-state index in [-0.39, 0.29) is 18.4 Å². The number of urea groups is 1. The van der Waals surface area contributed by atoms with Gasteiger partial charge in [0.2, 0.25) is 11.9 Å². The Morgan fingerprint density at radius 2 is 1.84 bits per heavy atom. The van der Waals surface area contributed by atoms with Crippen LogP contribution in [0.4, 0.5) is 16.6 Å². The first-order valence-electron chi connectivity index (χ1n) is 17.1. The molecule has 264 valence electrons. The zero-order chi connectivity index (χ0) is 34.8. The Morgan fingerprint density at radius 3 is 2.60 bits per heavy atom. The number of likely N-dealkylation sites (tertiary alicyclic amines) is 1. The molecular weight excluding hydrogens is 678 g/mol. The number of fused-ring (bicyclic) bond motifs is 1. The second-order valence-electron chi connectivity index (χ2n) is 13.2. The third-order valence-corrected chi connectivity index (χ3v) is 11.7. The van der Waals surface area contributed by atoms with Gasteiger partial charge in [0.15, 0.2) is 5.82 Å². The number of hydrogen-bond acceptors (Lipinski definition) is 9. The molecule has 3 fully saturated rings. The normalized spacial score (nSPS) is 19.2. The van der Waals surface area contributed by atoms with Crippen LogP contribution in [-0.4, -0.2) is 91.0 Å². The maximum absolute atomic E-state index is 13.6. The predicted molar refractivity (Wildman–Crippen MR) is 192 cm³/mol. The molecule has 3 aliphatic heterocycles. The molecule has 2 aromatic carbocycles. The SMILES string of the molecule is COCc1nc(NC2CCN(S(=O)c3cccc(CN4CCC(c5ccc6c(N7CCC(=O)NC7=O)nn(C)c6c5)CC4)c3)CC2)ncc1Cl.